The number of aromatic nitrogens is 2. The first kappa shape index (κ1) is 19.6. The largest absolute Gasteiger partial charge is 0.484 e. The summed E-state index contributed by atoms with van der Waals surface area (Å²) in [6.07, 6.45) is 0.184. The zero-order chi connectivity index (χ0) is 21.1. The second-order valence-electron chi connectivity index (χ2n) is 6.98. The third kappa shape index (κ3) is 4.45. The van der Waals surface area contributed by atoms with Gasteiger partial charge in [-0.15, -0.1) is 5.10 Å². The lowest BCUT2D eigenvalue weighted by Crippen LogP contribution is -2.24. The fourth-order valence-corrected chi connectivity index (χ4v) is 3.13. The molecule has 0 bridgehead atoms. The van der Waals surface area contributed by atoms with Crippen LogP contribution in [0.3, 0.4) is 0 Å². The Hall–Kier alpha value is -3.75. The van der Waals surface area contributed by atoms with Gasteiger partial charge in [0.2, 0.25) is 11.8 Å². The standard InChI is InChI=1S/C21H19FN4O4/c1-13-2-8-17(9-3-13)29-12-18(27)23-21-25-24-20(30-21)14-10-19(28)26(11-14)16-6-4-15(22)5-7-16/h2-9,14H,10-12H2,1H3,(H,23,25,27). The van der Waals surface area contributed by atoms with Gasteiger partial charge in [-0.3, -0.25) is 14.9 Å². The van der Waals surface area contributed by atoms with Crippen LogP contribution in [-0.2, 0) is 9.59 Å². The number of nitrogens with zero attached hydrogens (tertiary/aromatic N) is 3. The zero-order valence-electron chi connectivity index (χ0n) is 16.2. The molecule has 2 amide bonds. The lowest BCUT2D eigenvalue weighted by Gasteiger charge is -2.15. The Morgan fingerprint density at radius 1 is 1.20 bits per heavy atom. The van der Waals surface area contributed by atoms with Crippen LogP contribution in [0.15, 0.2) is 52.9 Å². The molecule has 9 heteroatoms. The first-order valence-electron chi connectivity index (χ1n) is 9.36. The van der Waals surface area contributed by atoms with E-state index in [1.807, 2.05) is 19.1 Å². The lowest BCUT2D eigenvalue weighted by molar-refractivity contribution is -0.118. The number of hydrogen-bond acceptors (Lipinski definition) is 6. The molecule has 1 aliphatic rings. The first-order chi connectivity index (χ1) is 14.5. The van der Waals surface area contributed by atoms with Crippen molar-refractivity contribution in [3.63, 3.8) is 0 Å². The molecule has 1 unspecified atom stereocenters. The van der Waals surface area contributed by atoms with E-state index >= 15 is 0 Å². The maximum atomic E-state index is 13.1. The van der Waals surface area contributed by atoms with Gasteiger partial charge >= 0.3 is 6.01 Å². The Balaban J connectivity index is 1.33. The van der Waals surface area contributed by atoms with E-state index in [1.54, 1.807) is 29.2 Å². The minimum absolute atomic E-state index is 0.0600. The van der Waals surface area contributed by atoms with Crippen molar-refractivity contribution in [2.24, 2.45) is 0 Å². The molecule has 2 aromatic carbocycles. The average Bonchev–Trinajstić information content (AvgIpc) is 3.35. The second kappa shape index (κ2) is 8.32. The van der Waals surface area contributed by atoms with Gasteiger partial charge < -0.3 is 14.1 Å². The molecule has 1 fully saturated rings. The smallest absolute Gasteiger partial charge is 0.322 e. The summed E-state index contributed by atoms with van der Waals surface area (Å²) < 4.78 is 24.0. The maximum Gasteiger partial charge on any atom is 0.322 e. The highest BCUT2D eigenvalue weighted by atomic mass is 19.1. The predicted molar refractivity (Wildman–Crippen MR) is 106 cm³/mol. The number of rotatable bonds is 6. The van der Waals surface area contributed by atoms with Gasteiger partial charge in [0, 0.05) is 18.7 Å². The molecular weight excluding hydrogens is 391 g/mol. The predicted octanol–water partition coefficient (Wildman–Crippen LogP) is 3.06. The lowest BCUT2D eigenvalue weighted by atomic mass is 10.1. The molecule has 8 nitrogen and oxygen atoms in total. The third-order valence-corrected chi connectivity index (χ3v) is 4.69. The van der Waals surface area contributed by atoms with Gasteiger partial charge in [0.05, 0.1) is 5.92 Å². The Kier molecular flexibility index (Phi) is 5.42. The summed E-state index contributed by atoms with van der Waals surface area (Å²) in [7, 11) is 0. The molecular formula is C21H19FN4O4. The van der Waals surface area contributed by atoms with Crippen LogP contribution in [0.4, 0.5) is 16.1 Å². The van der Waals surface area contributed by atoms with Gasteiger partial charge in [0.1, 0.15) is 11.6 Å². The molecule has 1 atom stereocenters. The van der Waals surface area contributed by atoms with Crippen LogP contribution in [0.5, 0.6) is 5.75 Å². The van der Waals surface area contributed by atoms with Crippen LogP contribution in [0.2, 0.25) is 0 Å². The molecule has 154 valence electrons. The molecule has 30 heavy (non-hydrogen) atoms. The van der Waals surface area contributed by atoms with Gasteiger partial charge in [0.25, 0.3) is 5.91 Å². The van der Waals surface area contributed by atoms with Crippen LogP contribution in [-0.4, -0.2) is 35.2 Å². The first-order valence-corrected chi connectivity index (χ1v) is 9.36. The van der Waals surface area contributed by atoms with Crippen LogP contribution < -0.4 is 15.0 Å². The Labute approximate surface area is 171 Å². The minimum Gasteiger partial charge on any atom is -0.484 e. The molecule has 3 aromatic rings. The summed E-state index contributed by atoms with van der Waals surface area (Å²) in [6, 6.07) is 13.0. The molecule has 0 saturated carbocycles. The van der Waals surface area contributed by atoms with Crippen molar-refractivity contribution in [1.29, 1.82) is 0 Å². The third-order valence-electron chi connectivity index (χ3n) is 4.69. The highest BCUT2D eigenvalue weighted by molar-refractivity contribution is 5.96. The van der Waals surface area contributed by atoms with Crippen molar-refractivity contribution in [3.8, 4) is 5.75 Å². The Morgan fingerprint density at radius 2 is 1.93 bits per heavy atom. The van der Waals surface area contributed by atoms with Crippen molar-refractivity contribution in [1.82, 2.24) is 10.2 Å². The summed E-state index contributed by atoms with van der Waals surface area (Å²) in [4.78, 5) is 25.9. The van der Waals surface area contributed by atoms with Gasteiger partial charge in [-0.05, 0) is 43.3 Å². The van der Waals surface area contributed by atoms with E-state index in [0.717, 1.165) is 5.56 Å². The molecule has 0 radical (unpaired) electrons. The molecule has 2 heterocycles. The van der Waals surface area contributed by atoms with Crippen molar-refractivity contribution in [3.05, 3.63) is 65.8 Å². The molecule has 0 aliphatic carbocycles. The quantitative estimate of drug-likeness (QED) is 0.671. The molecule has 0 spiro atoms. The van der Waals surface area contributed by atoms with Gasteiger partial charge in [-0.25, -0.2) is 4.39 Å². The number of nitrogens with one attached hydrogen (secondary N) is 1. The van der Waals surface area contributed by atoms with Gasteiger partial charge in [0.15, 0.2) is 6.61 Å². The highest BCUT2D eigenvalue weighted by Crippen LogP contribution is 2.31. The monoisotopic (exact) mass is 410 g/mol. The molecule has 1 aliphatic heterocycles. The Bertz CT molecular complexity index is 1050. The van der Waals surface area contributed by atoms with E-state index in [4.69, 9.17) is 9.15 Å². The van der Waals surface area contributed by atoms with Crippen molar-refractivity contribution >= 4 is 23.5 Å². The number of hydrogen-bond donors (Lipinski definition) is 1. The van der Waals surface area contributed by atoms with Crippen molar-refractivity contribution in [2.75, 3.05) is 23.4 Å². The second-order valence-corrected chi connectivity index (χ2v) is 6.98. The van der Waals surface area contributed by atoms with Crippen molar-refractivity contribution in [2.45, 2.75) is 19.3 Å². The summed E-state index contributed by atoms with van der Waals surface area (Å²) >= 11 is 0. The number of aryl methyl sites for hydroxylation is 1. The highest BCUT2D eigenvalue weighted by Gasteiger charge is 2.35. The number of amides is 2. The maximum absolute atomic E-state index is 13.1. The fraction of sp³-hybridized carbons (Fsp3) is 0.238. The summed E-state index contributed by atoms with van der Waals surface area (Å²) in [5, 5.41) is 10.2. The molecule has 1 saturated heterocycles. The van der Waals surface area contributed by atoms with Crippen LogP contribution in [0.1, 0.15) is 23.8 Å². The average molecular weight is 410 g/mol. The van der Waals surface area contributed by atoms with Gasteiger partial charge in [-0.1, -0.05) is 22.8 Å². The Morgan fingerprint density at radius 3 is 2.67 bits per heavy atom. The number of ether oxygens (including phenoxy) is 1. The molecule has 1 N–H and O–H groups in total. The number of benzene rings is 2. The van der Waals surface area contributed by atoms with E-state index in [9.17, 15) is 14.0 Å². The van der Waals surface area contributed by atoms with Crippen molar-refractivity contribution < 1.29 is 23.1 Å². The molecule has 4 rings (SSSR count). The summed E-state index contributed by atoms with van der Waals surface area (Å²) in [6.45, 7) is 2.08. The minimum atomic E-state index is -0.443. The number of halogens is 1. The number of carbonyl (C=O) groups excluding carboxylic acids is 2. The van der Waals surface area contributed by atoms with Crippen LogP contribution in [0.25, 0.3) is 0 Å². The topological polar surface area (TPSA) is 97.6 Å². The van der Waals surface area contributed by atoms with E-state index in [-0.39, 0.29) is 42.6 Å². The SMILES string of the molecule is Cc1ccc(OCC(=O)Nc2nnc(C3CC(=O)N(c4ccc(F)cc4)C3)o2)cc1. The van der Waals surface area contributed by atoms with E-state index in [0.29, 0.717) is 18.0 Å². The van der Waals surface area contributed by atoms with Crippen LogP contribution in [0, 0.1) is 12.7 Å². The number of anilines is 2. The molecule has 1 aromatic heterocycles. The zero-order valence-corrected chi connectivity index (χ0v) is 16.2. The van der Waals surface area contributed by atoms with Gasteiger partial charge in [-0.2, -0.15) is 0 Å². The van der Waals surface area contributed by atoms with E-state index in [1.165, 1.54) is 12.1 Å². The fourth-order valence-electron chi connectivity index (χ4n) is 3.13. The normalized spacial score (nSPS) is 16.0. The number of carbonyl (C=O) groups is 2. The summed E-state index contributed by atoms with van der Waals surface area (Å²) in [5.74, 6) is -0.423. The van der Waals surface area contributed by atoms with E-state index < -0.39 is 5.91 Å². The van der Waals surface area contributed by atoms with E-state index in [2.05, 4.69) is 15.5 Å². The summed E-state index contributed by atoms with van der Waals surface area (Å²) in [5.41, 5.74) is 1.69. The van der Waals surface area contributed by atoms with Crippen LogP contribution >= 0.6 is 0 Å².